The topological polar surface area (TPSA) is 86.4 Å². The molecule has 12 heavy (non-hydrogen) atoms. The monoisotopic (exact) mass is 185 g/mol. The molecular weight excluding hydrogens is 178 g/mol. The summed E-state index contributed by atoms with van der Waals surface area (Å²) in [6, 6.07) is 5.88. The molecule has 0 heterocycles. The Morgan fingerprint density at radius 2 is 1.92 bits per heavy atom. The van der Waals surface area contributed by atoms with Crippen LogP contribution in [0.2, 0.25) is 0 Å². The summed E-state index contributed by atoms with van der Waals surface area (Å²) < 4.78 is 10.9. The van der Waals surface area contributed by atoms with Gasteiger partial charge in [-0.2, -0.15) is 4.79 Å². The van der Waals surface area contributed by atoms with E-state index in [0.717, 1.165) is 0 Å². The molecule has 0 radical (unpaired) electrons. The molecule has 64 valence electrons. The van der Waals surface area contributed by atoms with E-state index in [2.05, 4.69) is 0 Å². The van der Waals surface area contributed by atoms with Crippen molar-refractivity contribution in [3.05, 3.63) is 24.3 Å². The number of nitrogens with two attached hydrogens (primary N) is 1. The first-order valence-corrected chi connectivity index (χ1v) is 4.26. The average Bonchev–Trinajstić information content (AvgIpc) is 2.04. The van der Waals surface area contributed by atoms with Crippen LogP contribution < -0.4 is 5.73 Å². The van der Waals surface area contributed by atoms with E-state index in [4.69, 9.17) is 10.8 Å². The van der Waals surface area contributed by atoms with E-state index in [0.29, 0.717) is 5.69 Å². The fourth-order valence-corrected chi connectivity index (χ4v) is 1.28. The van der Waals surface area contributed by atoms with Crippen molar-refractivity contribution in [3.8, 4) is 0 Å². The highest BCUT2D eigenvalue weighted by Crippen LogP contribution is 2.13. The Kier molecular flexibility index (Phi) is 2.57. The van der Waals surface area contributed by atoms with Gasteiger partial charge in [0.2, 0.25) is 0 Å². The molecule has 0 saturated carbocycles. The molecule has 4 nitrogen and oxygen atoms in total. The first-order chi connectivity index (χ1) is 5.61. The Hall–Kier alpha value is -1.20. The van der Waals surface area contributed by atoms with Crippen molar-refractivity contribution in [2.75, 3.05) is 5.73 Å². The zero-order valence-electron chi connectivity index (χ0n) is 6.06. The highest BCUT2D eigenvalue weighted by molar-refractivity contribution is 8.05. The SMILES string of the molecule is Nc1ccc([S+]([O-])C(=O)O)cc1. The minimum absolute atomic E-state index is 0.247. The Balaban J connectivity index is 2.89. The van der Waals surface area contributed by atoms with Crippen molar-refractivity contribution in [3.63, 3.8) is 0 Å². The van der Waals surface area contributed by atoms with Crippen LogP contribution in [0.15, 0.2) is 29.2 Å². The maximum atomic E-state index is 10.9. The first kappa shape index (κ1) is 8.89. The van der Waals surface area contributed by atoms with Gasteiger partial charge < -0.3 is 15.4 Å². The van der Waals surface area contributed by atoms with Gasteiger partial charge in [-0.05, 0) is 24.3 Å². The number of nitrogen functional groups attached to an aromatic ring is 1. The number of benzene rings is 1. The molecule has 0 spiro atoms. The number of rotatable bonds is 1. The van der Waals surface area contributed by atoms with Gasteiger partial charge in [0.25, 0.3) is 0 Å². The highest BCUT2D eigenvalue weighted by Gasteiger charge is 2.20. The van der Waals surface area contributed by atoms with Gasteiger partial charge in [0.05, 0.1) is 0 Å². The summed E-state index contributed by atoms with van der Waals surface area (Å²) in [6.45, 7) is 0. The predicted octanol–water partition coefficient (Wildman–Crippen LogP) is 1.05. The van der Waals surface area contributed by atoms with Crippen molar-refractivity contribution < 1.29 is 14.5 Å². The number of hydrogen-bond acceptors (Lipinski definition) is 3. The van der Waals surface area contributed by atoms with Crippen LogP contribution in [-0.4, -0.2) is 15.0 Å². The standard InChI is InChI=1S/C7H7NO3S/c8-5-1-3-6(4-2-5)12(11)7(9)10/h1-4H,8H2,(H,9,10). The van der Waals surface area contributed by atoms with Crippen LogP contribution in [0.25, 0.3) is 0 Å². The van der Waals surface area contributed by atoms with Gasteiger partial charge in [-0.3, -0.25) is 0 Å². The summed E-state index contributed by atoms with van der Waals surface area (Å²) in [5.41, 5.74) is 5.87. The van der Waals surface area contributed by atoms with Gasteiger partial charge in [-0.25, -0.2) is 0 Å². The van der Waals surface area contributed by atoms with Crippen molar-refractivity contribution >= 4 is 22.2 Å². The van der Waals surface area contributed by atoms with E-state index >= 15 is 0 Å². The van der Waals surface area contributed by atoms with Gasteiger partial charge in [-0.1, -0.05) is 0 Å². The maximum Gasteiger partial charge on any atom is 0.526 e. The van der Waals surface area contributed by atoms with Crippen LogP contribution in [0.4, 0.5) is 10.5 Å². The molecule has 1 aromatic rings. The molecule has 0 aliphatic rings. The van der Waals surface area contributed by atoms with Gasteiger partial charge >= 0.3 is 5.30 Å². The van der Waals surface area contributed by atoms with Crippen molar-refractivity contribution in [1.82, 2.24) is 0 Å². The van der Waals surface area contributed by atoms with E-state index in [1.54, 1.807) is 0 Å². The van der Waals surface area contributed by atoms with Gasteiger partial charge in [0, 0.05) is 5.69 Å². The lowest BCUT2D eigenvalue weighted by Crippen LogP contribution is -2.11. The molecular formula is C7H7NO3S. The third kappa shape index (κ3) is 1.90. The zero-order valence-corrected chi connectivity index (χ0v) is 6.88. The molecule has 1 unspecified atom stereocenters. The summed E-state index contributed by atoms with van der Waals surface area (Å²) >= 11 is -1.98. The van der Waals surface area contributed by atoms with E-state index < -0.39 is 16.5 Å². The Morgan fingerprint density at radius 1 is 1.42 bits per heavy atom. The van der Waals surface area contributed by atoms with Crippen LogP contribution in [0, 0.1) is 0 Å². The quantitative estimate of drug-likeness (QED) is 0.505. The van der Waals surface area contributed by atoms with Crippen LogP contribution >= 0.6 is 0 Å². The summed E-state index contributed by atoms with van der Waals surface area (Å²) in [7, 11) is 0. The first-order valence-electron chi connectivity index (χ1n) is 3.11. The highest BCUT2D eigenvalue weighted by atomic mass is 32.2. The molecule has 0 saturated heterocycles. The van der Waals surface area contributed by atoms with Crippen LogP contribution in [0.5, 0.6) is 0 Å². The lowest BCUT2D eigenvalue weighted by molar-refractivity contribution is 0.219. The summed E-state index contributed by atoms with van der Waals surface area (Å²) in [4.78, 5) is 10.5. The second kappa shape index (κ2) is 3.46. The zero-order chi connectivity index (χ0) is 9.14. The number of hydrogen-bond donors (Lipinski definition) is 2. The van der Waals surface area contributed by atoms with Gasteiger partial charge in [0.15, 0.2) is 4.90 Å². The number of carbonyl (C=O) groups is 1. The van der Waals surface area contributed by atoms with Crippen LogP contribution in [0.3, 0.4) is 0 Å². The number of anilines is 1. The van der Waals surface area contributed by atoms with E-state index in [9.17, 15) is 9.35 Å². The normalized spacial score (nSPS) is 12.4. The Bertz CT molecular complexity index is 285. The fourth-order valence-electron chi connectivity index (χ4n) is 0.692. The number of carboxylic acid groups (broad SMARTS) is 1. The van der Waals surface area contributed by atoms with Crippen molar-refractivity contribution in [1.29, 1.82) is 0 Å². The summed E-state index contributed by atoms with van der Waals surface area (Å²) in [6.07, 6.45) is 0. The van der Waals surface area contributed by atoms with Gasteiger partial charge in [0.1, 0.15) is 11.2 Å². The lowest BCUT2D eigenvalue weighted by atomic mass is 10.3. The fraction of sp³-hybridized carbons (Fsp3) is 0. The Morgan fingerprint density at radius 3 is 2.33 bits per heavy atom. The average molecular weight is 185 g/mol. The largest absolute Gasteiger partial charge is 0.601 e. The minimum Gasteiger partial charge on any atom is -0.601 e. The minimum atomic E-state index is -1.98. The molecule has 0 aliphatic heterocycles. The second-order valence-corrected chi connectivity index (χ2v) is 3.46. The third-order valence-electron chi connectivity index (χ3n) is 1.25. The van der Waals surface area contributed by atoms with Gasteiger partial charge in [-0.15, -0.1) is 0 Å². The van der Waals surface area contributed by atoms with E-state index in [1.165, 1.54) is 24.3 Å². The Labute approximate surface area is 72.2 Å². The molecule has 5 heteroatoms. The van der Waals surface area contributed by atoms with E-state index in [1.807, 2.05) is 0 Å². The molecule has 1 rings (SSSR count). The third-order valence-corrected chi connectivity index (χ3v) is 2.27. The molecule has 3 N–H and O–H groups in total. The smallest absolute Gasteiger partial charge is 0.526 e. The van der Waals surface area contributed by atoms with Crippen molar-refractivity contribution in [2.24, 2.45) is 0 Å². The molecule has 0 aromatic heterocycles. The molecule has 1 atom stereocenters. The molecule has 0 amide bonds. The summed E-state index contributed by atoms with van der Waals surface area (Å²) in [5, 5.41) is 7.03. The van der Waals surface area contributed by atoms with E-state index in [-0.39, 0.29) is 4.90 Å². The van der Waals surface area contributed by atoms with Crippen LogP contribution in [-0.2, 0) is 11.2 Å². The second-order valence-electron chi connectivity index (χ2n) is 2.10. The maximum absolute atomic E-state index is 10.9. The molecule has 1 aromatic carbocycles. The lowest BCUT2D eigenvalue weighted by Gasteiger charge is -2.02. The van der Waals surface area contributed by atoms with Crippen LogP contribution in [0.1, 0.15) is 0 Å². The molecule has 0 bridgehead atoms. The predicted molar refractivity (Wildman–Crippen MR) is 45.3 cm³/mol. The molecule has 0 aliphatic carbocycles. The van der Waals surface area contributed by atoms with Crippen molar-refractivity contribution in [2.45, 2.75) is 4.90 Å². The molecule has 0 fully saturated rings. The summed E-state index contributed by atoms with van der Waals surface area (Å²) in [5.74, 6) is 0.